The molecule has 5 heterocycles. The average Bonchev–Trinajstić information content (AvgIpc) is 0.789. The molecule has 5 aliphatic rings. The minimum atomic E-state index is -0.194. The Labute approximate surface area is 1050 Å². The second-order valence-corrected chi connectivity index (χ2v) is 85.2. The molecule has 0 aromatic carbocycles. The monoisotopic (exact) mass is 3260 g/mol. The number of thioether (sulfide) groups is 1. The van der Waals surface area contributed by atoms with Crippen molar-refractivity contribution in [3.8, 4) is 0 Å². The Morgan fingerprint density at radius 1 is 0.401 bits per heavy atom. The molecule has 0 spiro atoms. The second-order valence-electron chi connectivity index (χ2n) is 43.2. The largest absolute Gasteiger partial charge is 0.379 e. The highest BCUT2D eigenvalue weighted by Crippen LogP contribution is 2.38. The first-order valence-corrected chi connectivity index (χ1v) is 125. The summed E-state index contributed by atoms with van der Waals surface area (Å²) in [6.45, 7) is 106. The number of ether oxygens (including phenoxy) is 1. The lowest BCUT2D eigenvalue weighted by Gasteiger charge is -2.52. The molecule has 4 unspecified atom stereocenters. The lowest BCUT2D eigenvalue weighted by molar-refractivity contribution is 0.0566. The van der Waals surface area contributed by atoms with E-state index in [0.717, 1.165) is 68.3 Å². The number of rotatable bonds is 41. The van der Waals surface area contributed by atoms with Crippen molar-refractivity contribution in [1.29, 1.82) is 0 Å². The molecule has 0 radical (unpaired) electrons. The molecule has 0 aromatic rings. The molecular weight excluding hydrogens is 3040 g/mol. The van der Waals surface area contributed by atoms with E-state index in [0.29, 0.717) is 46.3 Å². The number of hydrogen-bond acceptors (Lipinski definition) is 19. The van der Waals surface area contributed by atoms with Gasteiger partial charge in [-0.3, -0.25) is 0 Å². The molecule has 0 saturated carbocycles. The normalized spacial score (nSPS) is 18.7. The van der Waals surface area contributed by atoms with Crippen LogP contribution < -0.4 is 0 Å². The van der Waals surface area contributed by atoms with E-state index in [-0.39, 0.29) is 134 Å². The van der Waals surface area contributed by atoms with E-state index in [1.165, 1.54) is 193 Å². The SMILES string of the molecule is Br[SiH2]N1CCOCC1.Br[SiH2]N1CCSCC1.CC(C)CN(CC(C)C)[SiH2]Br.CC(C)N(C)[SiH2]Br.CC(C)N([SiH2]Br)C(C)(C)C.CC(C)N([SiH2]Br)C(C)C.CC1(C)CCCC(C)(C)N1[SiH2]Br.CC1CCCC(C)N1[SiH2]Br.CCC(C)N([SiH2]Br)C(C)CC.CCCCN(CCCC)[SiH2]Br.CCCN(CCC)[SiH2]Br.CCN(C)[SiH2]Br.CCN([SiH2]Br)C(C)C.CN([SiH2]Br)C(C)(C)C.CN1CCN([SiH2]Br)CC1.C[SiH2]N(C)C. The van der Waals surface area contributed by atoms with Gasteiger partial charge < -0.3 is 82.7 Å². The number of unbranched alkanes of at least 4 members (excludes halogenated alkanes) is 2. The van der Waals surface area contributed by atoms with Crippen LogP contribution in [-0.4, -0.2) is 460 Å². The van der Waals surface area contributed by atoms with Crippen molar-refractivity contribution in [2.75, 3.05) is 172 Å². The van der Waals surface area contributed by atoms with Crippen molar-refractivity contribution in [3.05, 3.63) is 0 Å². The molecule has 0 aromatic heterocycles. The van der Waals surface area contributed by atoms with Gasteiger partial charge in [-0.1, -0.05) is 206 Å². The lowest BCUT2D eigenvalue weighted by Crippen LogP contribution is -2.58. The second kappa shape index (κ2) is 118. The molecule has 0 N–H and O–H groups in total. The third-order valence-corrected chi connectivity index (χ3v) is 76.6. The molecule has 874 valence electrons. The van der Waals surface area contributed by atoms with E-state index >= 15 is 0 Å². The number of halogens is 15. The highest BCUT2D eigenvalue weighted by Gasteiger charge is 2.40. The van der Waals surface area contributed by atoms with Crippen LogP contribution in [0.25, 0.3) is 0 Å². The van der Waals surface area contributed by atoms with Crippen LogP contribution in [-0.2, 0) is 4.74 Å². The number of nitrogens with zero attached hydrogens (tertiary/aromatic N) is 17. The molecule has 0 aliphatic carbocycles. The third kappa shape index (κ3) is 113. The van der Waals surface area contributed by atoms with Crippen molar-refractivity contribution in [2.24, 2.45) is 11.8 Å². The fraction of sp³-hybridized carbons (Fsp3) is 1.00. The van der Waals surface area contributed by atoms with Crippen LogP contribution in [0.5, 0.6) is 0 Å². The summed E-state index contributed by atoms with van der Waals surface area (Å²) in [5.74, 6) is 4.30. The van der Waals surface area contributed by atoms with Crippen LogP contribution in [0.1, 0.15) is 339 Å². The average molecular weight is 3280 g/mol. The molecule has 142 heavy (non-hydrogen) atoms. The fourth-order valence-electron chi connectivity index (χ4n) is 13.6. The maximum Gasteiger partial charge on any atom is 0.171 e. The highest BCUT2D eigenvalue weighted by molar-refractivity contribution is 9.25. The molecular formula is C92H240Br15N17OSSi16. The van der Waals surface area contributed by atoms with Gasteiger partial charge in [0.15, 0.2) is 125 Å². The summed E-state index contributed by atoms with van der Waals surface area (Å²) in [7, 11) is 11.7. The van der Waals surface area contributed by atoms with E-state index in [9.17, 15) is 0 Å². The first kappa shape index (κ1) is 175. The van der Waals surface area contributed by atoms with Gasteiger partial charge in [-0.05, 0) is 277 Å². The summed E-state index contributed by atoms with van der Waals surface area (Å²) in [6, 6.07) is 6.73. The first-order chi connectivity index (χ1) is 66.2. The number of likely N-dealkylation sites (N-methyl/N-ethyl adjacent to an activating group) is 1. The zero-order chi connectivity index (χ0) is 113. The smallest absolute Gasteiger partial charge is 0.171 e. The summed E-state index contributed by atoms with van der Waals surface area (Å²) < 4.78 is 45.2. The van der Waals surface area contributed by atoms with E-state index in [1.807, 2.05) is 0 Å². The Morgan fingerprint density at radius 3 is 0.965 bits per heavy atom. The van der Waals surface area contributed by atoms with Crippen molar-refractivity contribution >= 4 is 375 Å². The van der Waals surface area contributed by atoms with E-state index < -0.39 is 0 Å². The lowest BCUT2D eigenvalue weighted by atomic mass is 9.83. The van der Waals surface area contributed by atoms with Gasteiger partial charge in [0.25, 0.3) is 0 Å². The van der Waals surface area contributed by atoms with Gasteiger partial charge in [-0.15, -0.1) is 229 Å². The molecule has 18 nitrogen and oxygen atoms in total. The van der Waals surface area contributed by atoms with Crippen LogP contribution in [0.2, 0.25) is 6.55 Å². The van der Waals surface area contributed by atoms with Crippen molar-refractivity contribution < 1.29 is 4.74 Å². The summed E-state index contributed by atoms with van der Waals surface area (Å²) in [6.07, 6.45) is 18.8. The fourth-order valence-corrected chi connectivity index (χ4v) is 58.7. The summed E-state index contributed by atoms with van der Waals surface area (Å²) in [4.78, 5) is 2.38. The molecule has 0 amide bonds. The van der Waals surface area contributed by atoms with Gasteiger partial charge >= 0.3 is 0 Å². The van der Waals surface area contributed by atoms with Gasteiger partial charge in [0, 0.05) is 110 Å². The molecule has 5 fully saturated rings. The van der Waals surface area contributed by atoms with Crippen LogP contribution in [0.4, 0.5) is 0 Å². The third-order valence-electron chi connectivity index (χ3n) is 25.1. The molecule has 5 saturated heterocycles. The van der Waals surface area contributed by atoms with Crippen LogP contribution in [0.3, 0.4) is 0 Å². The zero-order valence-electron chi connectivity index (χ0n) is 101. The first-order valence-electron chi connectivity index (χ1n) is 54.1. The van der Waals surface area contributed by atoms with E-state index in [1.54, 1.807) is 0 Å². The van der Waals surface area contributed by atoms with E-state index in [4.69, 9.17) is 4.74 Å². The highest BCUT2D eigenvalue weighted by atomic mass is 79.9. The number of piperidine rings is 2. The maximum atomic E-state index is 5.16. The van der Waals surface area contributed by atoms with Crippen LogP contribution in [0, 0.1) is 11.8 Å². The maximum absolute atomic E-state index is 5.16. The standard InChI is InChI=1S/C9H20BrNSi.3C8H20BrNSi.C7H16BrNSi.C7H18BrNSi.2C6H16BrNSi.C5H13BrN2Si.2C5H14BrNSi.C4H10BrNOSi.C4H10BrNSSi.C4H12BrNSi.C3H10BrNSi.C3H11NSi/c1-8(2)6-5-7-9(3,4)11(8)12-10;1-7(2)5-10(11-9)6-8(3)4;1-5-7(3)10(11-9)8(4)6-2;1-3-5-7-10(11-9)8-6-4-2;1-6-4-3-5-7(2)9(6)10-8;1-6(2)9(10-8)7(3,4)5;1-5(2)8(9-7)6(3)4;1-3-5-8(9-7)6-4-2;1-7-2-4-8(9-6)5-3-7;1-5(2,3)7(4)8-6;1-4-7(8-6)5(2)3;2*5-8-6-1-3-7-4-2-6;1-4(2)6(3)7-5;1-3-5(2)6-4;1-4(2)5-3/h5-7,12H2,1-4H3;2*7-8H,5-6,11H2,1-4H3;3-8,11H2,1-2H3;6-7H,3-5,10H2,1-2H3;6H,10H2,1-5H3;5-6H,9H2,1-4H3;3-6,9H2,1-2H3;2-5,9H2,1H3;8H2,1-4H3;5H,4,8H2,1-3H3;2*1-4,8H2;4H,7H2,1-3H3;3,6H2,1-2H3;5H2,1-3H3. The van der Waals surface area contributed by atoms with Crippen molar-refractivity contribution in [2.45, 2.75) is 422 Å². The van der Waals surface area contributed by atoms with Gasteiger partial charge in [0.2, 0.25) is 0 Å². The van der Waals surface area contributed by atoms with Gasteiger partial charge in [-0.2, -0.15) is 11.8 Å². The predicted molar refractivity (Wildman–Crippen MR) is 770 cm³/mol. The molecule has 0 bridgehead atoms. The summed E-state index contributed by atoms with van der Waals surface area (Å²) >= 11 is 55.8. The molecule has 4 atom stereocenters. The Morgan fingerprint density at radius 2 is 0.789 bits per heavy atom. The number of hydrogen-bond donors (Lipinski definition) is 0. The predicted octanol–water partition coefficient (Wildman–Crippen LogP) is 18.2. The Kier molecular flexibility index (Phi) is 145. The van der Waals surface area contributed by atoms with Crippen LogP contribution >= 0.6 is 241 Å². The van der Waals surface area contributed by atoms with Crippen molar-refractivity contribution in [1.82, 2.24) is 77.9 Å². The van der Waals surface area contributed by atoms with Crippen molar-refractivity contribution in [3.63, 3.8) is 0 Å². The molecule has 50 heteroatoms. The zero-order valence-corrected chi connectivity index (χ0v) is 148. The van der Waals surface area contributed by atoms with Crippen LogP contribution in [0.15, 0.2) is 0 Å². The number of morpholine rings is 1. The van der Waals surface area contributed by atoms with E-state index in [2.05, 4.69) is 617 Å². The Bertz CT molecular complexity index is 2410. The topological polar surface area (TPSA) is 64.3 Å². The van der Waals surface area contributed by atoms with Gasteiger partial charge in [-0.25, -0.2) is 0 Å². The van der Waals surface area contributed by atoms with Gasteiger partial charge in [0.1, 0.15) is 0 Å². The minimum absolute atomic E-state index is 0.000710. The molecule has 5 rings (SSSR count). The Hall–Kier alpha value is 10.3. The van der Waals surface area contributed by atoms with Gasteiger partial charge in [0.05, 0.1) is 22.9 Å². The molecule has 5 aliphatic heterocycles. The Balaban J connectivity index is -0.000000144. The summed E-state index contributed by atoms with van der Waals surface area (Å²) in [5.41, 5.74) is 1.55. The minimum Gasteiger partial charge on any atom is -0.379 e. The number of piperazine rings is 1. The quantitative estimate of drug-likeness (QED) is 0.0431. The summed E-state index contributed by atoms with van der Waals surface area (Å²) in [5, 5.41) is 0.